The summed E-state index contributed by atoms with van der Waals surface area (Å²) in [6, 6.07) is 9.28. The minimum atomic E-state index is 0.406. The molecule has 2 N–H and O–H groups in total. The van der Waals surface area contributed by atoms with E-state index in [1.54, 1.807) is 0 Å². The molecule has 0 aromatic heterocycles. The predicted molar refractivity (Wildman–Crippen MR) is 82.2 cm³/mol. The Kier molecular flexibility index (Phi) is 5.41. The van der Waals surface area contributed by atoms with Gasteiger partial charge in [0.15, 0.2) is 0 Å². The summed E-state index contributed by atoms with van der Waals surface area (Å²) < 4.78 is 0. The molecule has 0 spiro atoms. The second kappa shape index (κ2) is 7.06. The summed E-state index contributed by atoms with van der Waals surface area (Å²) in [6.07, 6.45) is 5.40. The summed E-state index contributed by atoms with van der Waals surface area (Å²) in [5.41, 5.74) is 8.72. The van der Waals surface area contributed by atoms with Crippen LogP contribution in [0.3, 0.4) is 0 Å². The van der Waals surface area contributed by atoms with Crippen LogP contribution >= 0.6 is 0 Å². The van der Waals surface area contributed by atoms with Gasteiger partial charge in [0, 0.05) is 12.6 Å². The monoisotopic (exact) mass is 260 g/mol. The van der Waals surface area contributed by atoms with E-state index in [2.05, 4.69) is 43.0 Å². The molecule has 2 heteroatoms. The average molecular weight is 260 g/mol. The van der Waals surface area contributed by atoms with Crippen LogP contribution < -0.4 is 5.73 Å². The first kappa shape index (κ1) is 14.5. The van der Waals surface area contributed by atoms with Crippen LogP contribution in [-0.4, -0.2) is 24.5 Å². The van der Waals surface area contributed by atoms with Gasteiger partial charge in [0.05, 0.1) is 0 Å². The maximum atomic E-state index is 6.03. The topological polar surface area (TPSA) is 29.3 Å². The smallest absolute Gasteiger partial charge is 0.0470 e. The molecule has 0 amide bonds. The van der Waals surface area contributed by atoms with Crippen molar-refractivity contribution in [3.63, 3.8) is 0 Å². The molecule has 0 bridgehead atoms. The lowest BCUT2D eigenvalue weighted by molar-refractivity contribution is 0.132. The maximum absolute atomic E-state index is 6.03. The van der Waals surface area contributed by atoms with E-state index < -0.39 is 0 Å². The van der Waals surface area contributed by atoms with E-state index in [-0.39, 0.29) is 0 Å². The summed E-state index contributed by atoms with van der Waals surface area (Å²) in [6.45, 7) is 7.57. The molecule has 1 fully saturated rings. The Labute approximate surface area is 118 Å². The Morgan fingerprint density at radius 2 is 1.84 bits per heavy atom. The van der Waals surface area contributed by atoms with Gasteiger partial charge in [-0.05, 0) is 44.3 Å². The first-order valence-electron chi connectivity index (χ1n) is 7.75. The quantitative estimate of drug-likeness (QED) is 0.878. The van der Waals surface area contributed by atoms with Crippen LogP contribution in [0.25, 0.3) is 0 Å². The summed E-state index contributed by atoms with van der Waals surface area (Å²) >= 11 is 0. The molecule has 0 radical (unpaired) electrons. The van der Waals surface area contributed by atoms with Crippen LogP contribution in [0.4, 0.5) is 0 Å². The van der Waals surface area contributed by atoms with Crippen LogP contribution in [0.5, 0.6) is 0 Å². The number of hydrogen-bond acceptors (Lipinski definition) is 2. The molecule has 1 heterocycles. The number of likely N-dealkylation sites (tertiary alicyclic amines) is 1. The molecule has 1 saturated heterocycles. The van der Waals surface area contributed by atoms with Gasteiger partial charge in [-0.1, -0.05) is 49.6 Å². The summed E-state index contributed by atoms with van der Waals surface area (Å²) in [4.78, 5) is 2.58. The minimum absolute atomic E-state index is 0.406. The van der Waals surface area contributed by atoms with Crippen molar-refractivity contribution in [3.05, 3.63) is 35.4 Å². The van der Waals surface area contributed by atoms with Crippen LogP contribution in [0, 0.1) is 12.8 Å². The van der Waals surface area contributed by atoms with Crippen molar-refractivity contribution < 1.29 is 0 Å². The molecule has 2 nitrogen and oxygen atoms in total. The van der Waals surface area contributed by atoms with E-state index in [1.807, 2.05) is 0 Å². The van der Waals surface area contributed by atoms with E-state index in [4.69, 9.17) is 5.73 Å². The normalized spacial score (nSPS) is 19.5. The van der Waals surface area contributed by atoms with Crippen molar-refractivity contribution >= 4 is 0 Å². The van der Waals surface area contributed by atoms with Crippen molar-refractivity contribution in [3.8, 4) is 0 Å². The molecule has 19 heavy (non-hydrogen) atoms. The van der Waals surface area contributed by atoms with Crippen LogP contribution in [0.2, 0.25) is 0 Å². The third-order valence-electron chi connectivity index (χ3n) is 4.47. The number of nitrogens with two attached hydrogens (primary N) is 1. The van der Waals surface area contributed by atoms with E-state index >= 15 is 0 Å². The number of aryl methyl sites for hydroxylation is 1. The molecule has 1 aliphatic heterocycles. The van der Waals surface area contributed by atoms with Crippen molar-refractivity contribution in [2.45, 2.75) is 45.6 Å². The highest BCUT2D eigenvalue weighted by Gasteiger charge is 2.24. The fourth-order valence-corrected chi connectivity index (χ4v) is 3.25. The van der Waals surface area contributed by atoms with Gasteiger partial charge < -0.3 is 5.73 Å². The van der Waals surface area contributed by atoms with E-state index in [0.717, 1.165) is 12.5 Å². The first-order chi connectivity index (χ1) is 9.24. The van der Waals surface area contributed by atoms with Crippen molar-refractivity contribution in [1.29, 1.82) is 0 Å². The molecule has 1 atom stereocenters. The summed E-state index contributed by atoms with van der Waals surface area (Å²) in [5, 5.41) is 0. The number of piperidine rings is 1. The number of hydrogen-bond donors (Lipinski definition) is 1. The number of nitrogens with zero attached hydrogens (tertiary/aromatic N) is 1. The SMILES string of the molecule is CCCC1CCN(C(CN)c2ccc(C)cc2)CC1. The summed E-state index contributed by atoms with van der Waals surface area (Å²) in [5.74, 6) is 0.942. The molecule has 2 rings (SSSR count). The molecule has 0 aliphatic carbocycles. The predicted octanol–water partition coefficient (Wildman–Crippen LogP) is 3.51. The van der Waals surface area contributed by atoms with Gasteiger partial charge in [-0.2, -0.15) is 0 Å². The van der Waals surface area contributed by atoms with E-state index in [0.29, 0.717) is 6.04 Å². The third kappa shape index (κ3) is 3.80. The Hall–Kier alpha value is -0.860. The number of benzene rings is 1. The van der Waals surface area contributed by atoms with Crippen molar-refractivity contribution in [2.75, 3.05) is 19.6 Å². The molecule has 0 saturated carbocycles. The Morgan fingerprint density at radius 1 is 1.21 bits per heavy atom. The zero-order valence-corrected chi connectivity index (χ0v) is 12.4. The summed E-state index contributed by atoms with van der Waals surface area (Å²) in [7, 11) is 0. The molecule has 1 aromatic rings. The molecule has 106 valence electrons. The second-order valence-corrected chi connectivity index (χ2v) is 5.93. The van der Waals surface area contributed by atoms with Gasteiger partial charge in [0.2, 0.25) is 0 Å². The van der Waals surface area contributed by atoms with Gasteiger partial charge in [-0.15, -0.1) is 0 Å². The zero-order valence-electron chi connectivity index (χ0n) is 12.4. The fraction of sp³-hybridized carbons (Fsp3) is 0.647. The van der Waals surface area contributed by atoms with Crippen molar-refractivity contribution in [2.24, 2.45) is 11.7 Å². The number of rotatable bonds is 5. The van der Waals surface area contributed by atoms with Crippen LogP contribution in [-0.2, 0) is 0 Å². The maximum Gasteiger partial charge on any atom is 0.0470 e. The lowest BCUT2D eigenvalue weighted by Gasteiger charge is -2.37. The van der Waals surface area contributed by atoms with Gasteiger partial charge in [0.25, 0.3) is 0 Å². The van der Waals surface area contributed by atoms with E-state index in [9.17, 15) is 0 Å². The Bertz CT molecular complexity index is 363. The molecule has 1 aromatic carbocycles. The second-order valence-electron chi connectivity index (χ2n) is 5.93. The van der Waals surface area contributed by atoms with Gasteiger partial charge >= 0.3 is 0 Å². The van der Waals surface area contributed by atoms with E-state index in [1.165, 1.54) is 49.9 Å². The Morgan fingerprint density at radius 3 is 2.37 bits per heavy atom. The van der Waals surface area contributed by atoms with Crippen LogP contribution in [0.15, 0.2) is 24.3 Å². The molecular formula is C17H28N2. The largest absolute Gasteiger partial charge is 0.329 e. The zero-order chi connectivity index (χ0) is 13.7. The fourth-order valence-electron chi connectivity index (χ4n) is 3.25. The van der Waals surface area contributed by atoms with Gasteiger partial charge in [-0.25, -0.2) is 0 Å². The minimum Gasteiger partial charge on any atom is -0.329 e. The van der Waals surface area contributed by atoms with Crippen LogP contribution in [0.1, 0.15) is 49.8 Å². The Balaban J connectivity index is 1.97. The highest BCUT2D eigenvalue weighted by atomic mass is 15.2. The third-order valence-corrected chi connectivity index (χ3v) is 4.47. The molecule has 1 aliphatic rings. The lowest BCUT2D eigenvalue weighted by Crippen LogP contribution is -2.39. The van der Waals surface area contributed by atoms with Gasteiger partial charge in [0.1, 0.15) is 0 Å². The first-order valence-corrected chi connectivity index (χ1v) is 7.75. The lowest BCUT2D eigenvalue weighted by atomic mass is 9.91. The standard InChI is InChI=1S/C17H28N2/c1-3-4-15-9-11-19(12-10-15)17(13-18)16-7-5-14(2)6-8-16/h5-8,15,17H,3-4,9-13,18H2,1-2H3. The van der Waals surface area contributed by atoms with Gasteiger partial charge in [-0.3, -0.25) is 4.90 Å². The average Bonchev–Trinajstić information content (AvgIpc) is 2.44. The molecular weight excluding hydrogens is 232 g/mol. The highest BCUT2D eigenvalue weighted by Crippen LogP contribution is 2.28. The molecule has 1 unspecified atom stereocenters. The highest BCUT2D eigenvalue weighted by molar-refractivity contribution is 5.24. The van der Waals surface area contributed by atoms with Crippen molar-refractivity contribution in [1.82, 2.24) is 4.90 Å².